The minimum atomic E-state index is 0.501. The molecule has 1 saturated heterocycles. The number of hydrogen-bond acceptors (Lipinski definition) is 2. The van der Waals surface area contributed by atoms with Crippen molar-refractivity contribution in [3.63, 3.8) is 0 Å². The van der Waals surface area contributed by atoms with E-state index in [1.165, 1.54) is 45.3 Å². The molecule has 2 heteroatoms. The second-order valence-electron chi connectivity index (χ2n) is 6.87. The molecule has 2 nitrogen and oxygen atoms in total. The lowest BCUT2D eigenvalue weighted by molar-refractivity contribution is 0.133. The molecule has 3 rings (SSSR count). The smallest absolute Gasteiger partial charge is 0.0148 e. The number of likely N-dealkylation sites (tertiary alicyclic amines) is 1. The van der Waals surface area contributed by atoms with E-state index in [1.807, 2.05) is 0 Å². The van der Waals surface area contributed by atoms with Gasteiger partial charge in [0.1, 0.15) is 0 Å². The fourth-order valence-corrected chi connectivity index (χ4v) is 3.43. The summed E-state index contributed by atoms with van der Waals surface area (Å²) in [5.74, 6) is 0. The highest BCUT2D eigenvalue weighted by atomic mass is 15.1. The van der Waals surface area contributed by atoms with Crippen LogP contribution in [0.3, 0.4) is 0 Å². The number of nitrogens with one attached hydrogen (secondary N) is 1. The van der Waals surface area contributed by atoms with Crippen LogP contribution in [0.25, 0.3) is 0 Å². The second kappa shape index (κ2) is 5.26. The Morgan fingerprint density at radius 1 is 1.16 bits per heavy atom. The molecule has 0 aromatic heterocycles. The first-order valence-electron chi connectivity index (χ1n) is 7.63. The Kier molecular flexibility index (Phi) is 3.64. The van der Waals surface area contributed by atoms with E-state index in [2.05, 4.69) is 48.5 Å². The van der Waals surface area contributed by atoms with E-state index in [1.54, 1.807) is 11.1 Å². The fourth-order valence-electron chi connectivity index (χ4n) is 3.43. The van der Waals surface area contributed by atoms with Crippen LogP contribution in [0.1, 0.15) is 30.9 Å². The Balaban J connectivity index is 1.52. The Morgan fingerprint density at radius 2 is 1.74 bits per heavy atom. The Hall–Kier alpha value is -0.860. The first-order valence-corrected chi connectivity index (χ1v) is 7.63. The van der Waals surface area contributed by atoms with Crippen LogP contribution in [0.15, 0.2) is 24.3 Å². The summed E-state index contributed by atoms with van der Waals surface area (Å²) < 4.78 is 0. The largest absolute Gasteiger partial charge is 0.313 e. The topological polar surface area (TPSA) is 15.3 Å². The number of piperidine rings is 1. The highest BCUT2D eigenvalue weighted by Gasteiger charge is 2.30. The van der Waals surface area contributed by atoms with Gasteiger partial charge in [-0.3, -0.25) is 0 Å². The van der Waals surface area contributed by atoms with Gasteiger partial charge in [-0.25, -0.2) is 0 Å². The monoisotopic (exact) mass is 258 g/mol. The maximum atomic E-state index is 3.84. The van der Waals surface area contributed by atoms with Crippen LogP contribution in [0.5, 0.6) is 0 Å². The third-order valence-electron chi connectivity index (χ3n) is 5.06. The van der Waals surface area contributed by atoms with E-state index in [4.69, 9.17) is 0 Å². The lowest BCUT2D eigenvalue weighted by atomic mass is 9.80. The van der Waals surface area contributed by atoms with Crippen LogP contribution < -0.4 is 5.32 Å². The van der Waals surface area contributed by atoms with Gasteiger partial charge in [0, 0.05) is 12.6 Å². The van der Waals surface area contributed by atoms with Crippen LogP contribution in [-0.4, -0.2) is 37.6 Å². The predicted molar refractivity (Wildman–Crippen MR) is 80.5 cm³/mol. The zero-order valence-electron chi connectivity index (χ0n) is 12.3. The summed E-state index contributed by atoms with van der Waals surface area (Å²) in [5, 5.41) is 3.84. The van der Waals surface area contributed by atoms with Crippen molar-refractivity contribution in [2.75, 3.05) is 26.7 Å². The summed E-state index contributed by atoms with van der Waals surface area (Å²) >= 11 is 0. The van der Waals surface area contributed by atoms with Gasteiger partial charge in [-0.15, -0.1) is 0 Å². The van der Waals surface area contributed by atoms with Crippen molar-refractivity contribution in [1.82, 2.24) is 10.2 Å². The number of benzene rings is 1. The number of hydrogen-bond donors (Lipinski definition) is 1. The summed E-state index contributed by atoms with van der Waals surface area (Å²) in [6.45, 7) is 6.14. The molecule has 1 aliphatic heterocycles. The molecule has 0 bridgehead atoms. The highest BCUT2D eigenvalue weighted by Crippen LogP contribution is 2.30. The molecule has 1 N–H and O–H groups in total. The van der Waals surface area contributed by atoms with Crippen LogP contribution >= 0.6 is 0 Å². The minimum absolute atomic E-state index is 0.501. The molecule has 0 spiro atoms. The van der Waals surface area contributed by atoms with E-state index in [0.29, 0.717) is 11.5 Å². The van der Waals surface area contributed by atoms with Gasteiger partial charge in [0.05, 0.1) is 0 Å². The standard InChI is InChI=1S/C17H26N2/c1-17(7-9-19(2)10-8-17)13-18-16-11-14-5-3-4-6-15(14)12-16/h3-6,16,18H,7-13H2,1-2H3. The van der Waals surface area contributed by atoms with Crippen LogP contribution in [-0.2, 0) is 12.8 Å². The van der Waals surface area contributed by atoms with Gasteiger partial charge in [-0.2, -0.15) is 0 Å². The number of fused-ring (bicyclic) bond motifs is 1. The molecule has 1 fully saturated rings. The molecule has 1 heterocycles. The molecule has 1 aliphatic carbocycles. The highest BCUT2D eigenvalue weighted by molar-refractivity contribution is 5.33. The quantitative estimate of drug-likeness (QED) is 0.896. The van der Waals surface area contributed by atoms with Gasteiger partial charge < -0.3 is 10.2 Å². The second-order valence-corrected chi connectivity index (χ2v) is 6.87. The Morgan fingerprint density at radius 3 is 2.32 bits per heavy atom. The van der Waals surface area contributed by atoms with Gasteiger partial charge in [0.15, 0.2) is 0 Å². The van der Waals surface area contributed by atoms with E-state index in [9.17, 15) is 0 Å². The molecule has 0 amide bonds. The van der Waals surface area contributed by atoms with Crippen molar-refractivity contribution in [3.8, 4) is 0 Å². The van der Waals surface area contributed by atoms with Crippen molar-refractivity contribution in [2.45, 2.75) is 38.6 Å². The lowest BCUT2D eigenvalue weighted by Gasteiger charge is -2.38. The van der Waals surface area contributed by atoms with Gasteiger partial charge in [-0.1, -0.05) is 31.2 Å². The van der Waals surface area contributed by atoms with Gasteiger partial charge in [-0.05, 0) is 62.4 Å². The molecule has 0 unspecified atom stereocenters. The van der Waals surface area contributed by atoms with Gasteiger partial charge in [0.2, 0.25) is 0 Å². The van der Waals surface area contributed by atoms with Crippen LogP contribution in [0.2, 0.25) is 0 Å². The summed E-state index contributed by atoms with van der Waals surface area (Å²) in [7, 11) is 2.24. The van der Waals surface area contributed by atoms with Crippen molar-refractivity contribution in [1.29, 1.82) is 0 Å². The summed E-state index contributed by atoms with van der Waals surface area (Å²) in [4.78, 5) is 2.45. The molecule has 19 heavy (non-hydrogen) atoms. The molecule has 1 aromatic rings. The zero-order chi connectivity index (χ0) is 13.3. The van der Waals surface area contributed by atoms with Crippen LogP contribution in [0.4, 0.5) is 0 Å². The molecule has 1 aromatic carbocycles. The number of rotatable bonds is 3. The molecular weight excluding hydrogens is 232 g/mol. The maximum absolute atomic E-state index is 3.84. The van der Waals surface area contributed by atoms with E-state index < -0.39 is 0 Å². The molecule has 0 radical (unpaired) electrons. The third kappa shape index (κ3) is 3.01. The fraction of sp³-hybridized carbons (Fsp3) is 0.647. The normalized spacial score (nSPS) is 23.5. The molecular formula is C17H26N2. The minimum Gasteiger partial charge on any atom is -0.313 e. The molecule has 2 aliphatic rings. The summed E-state index contributed by atoms with van der Waals surface area (Å²) in [6.07, 6.45) is 5.09. The molecule has 0 atom stereocenters. The third-order valence-corrected chi connectivity index (χ3v) is 5.06. The van der Waals surface area contributed by atoms with Crippen LogP contribution in [0, 0.1) is 5.41 Å². The average Bonchev–Trinajstić information content (AvgIpc) is 2.83. The molecule has 104 valence electrons. The lowest BCUT2D eigenvalue weighted by Crippen LogP contribution is -2.44. The van der Waals surface area contributed by atoms with Crippen molar-refractivity contribution in [3.05, 3.63) is 35.4 Å². The SMILES string of the molecule is CN1CCC(C)(CNC2Cc3ccccc3C2)CC1. The van der Waals surface area contributed by atoms with Crippen molar-refractivity contribution >= 4 is 0 Å². The van der Waals surface area contributed by atoms with E-state index >= 15 is 0 Å². The van der Waals surface area contributed by atoms with Crippen molar-refractivity contribution in [2.24, 2.45) is 5.41 Å². The van der Waals surface area contributed by atoms with Gasteiger partial charge >= 0.3 is 0 Å². The number of nitrogens with zero attached hydrogens (tertiary/aromatic N) is 1. The first-order chi connectivity index (χ1) is 9.15. The summed E-state index contributed by atoms with van der Waals surface area (Å²) in [6, 6.07) is 9.57. The van der Waals surface area contributed by atoms with E-state index in [0.717, 1.165) is 0 Å². The Labute approximate surface area is 117 Å². The van der Waals surface area contributed by atoms with Crippen molar-refractivity contribution < 1.29 is 0 Å². The predicted octanol–water partition coefficient (Wildman–Crippen LogP) is 2.48. The van der Waals surface area contributed by atoms with E-state index in [-0.39, 0.29) is 0 Å². The Bertz CT molecular complexity index is 408. The first kappa shape index (κ1) is 13.1. The van der Waals surface area contributed by atoms with Gasteiger partial charge in [0.25, 0.3) is 0 Å². The zero-order valence-corrected chi connectivity index (χ0v) is 12.3. The average molecular weight is 258 g/mol. The molecule has 0 saturated carbocycles. The summed E-state index contributed by atoms with van der Waals surface area (Å²) in [5.41, 5.74) is 3.60. The maximum Gasteiger partial charge on any atom is 0.0148 e.